The molecule has 1 aromatic rings. The minimum absolute atomic E-state index is 0.385. The maximum atomic E-state index is 4.59. The number of nitrogens with zero attached hydrogens (tertiary/aromatic N) is 3. The van der Waals surface area contributed by atoms with Crippen LogP contribution >= 0.6 is 0 Å². The van der Waals surface area contributed by atoms with Gasteiger partial charge in [-0.25, -0.2) is 0 Å². The quantitative estimate of drug-likeness (QED) is 0.888. The molecular weight excluding hydrogens is 236 g/mol. The van der Waals surface area contributed by atoms with Crippen molar-refractivity contribution in [3.05, 3.63) is 11.6 Å². The third-order valence-corrected chi connectivity index (χ3v) is 5.41. The van der Waals surface area contributed by atoms with Gasteiger partial charge in [-0.05, 0) is 30.6 Å². The summed E-state index contributed by atoms with van der Waals surface area (Å²) in [6, 6.07) is 0.385. The average molecular weight is 260 g/mol. The van der Waals surface area contributed by atoms with E-state index in [0.29, 0.717) is 12.0 Å². The van der Waals surface area contributed by atoms with Crippen molar-refractivity contribution in [1.29, 1.82) is 0 Å². The lowest BCUT2D eigenvalue weighted by atomic mass is 10.0. The van der Waals surface area contributed by atoms with Gasteiger partial charge in [0, 0.05) is 19.0 Å². The first-order valence-corrected chi connectivity index (χ1v) is 7.93. The lowest BCUT2D eigenvalue weighted by Gasteiger charge is -2.27. The first kappa shape index (κ1) is 11.9. The second kappa shape index (κ2) is 4.30. The van der Waals surface area contributed by atoms with Gasteiger partial charge in [-0.15, -0.1) is 10.2 Å². The van der Waals surface area contributed by atoms with Crippen LogP contribution in [0.2, 0.25) is 0 Å². The van der Waals surface area contributed by atoms with E-state index in [-0.39, 0.29) is 0 Å². The molecule has 2 heterocycles. The predicted molar refractivity (Wildman–Crippen MR) is 73.8 cm³/mol. The van der Waals surface area contributed by atoms with Crippen LogP contribution in [-0.2, 0) is 6.54 Å². The van der Waals surface area contributed by atoms with E-state index in [4.69, 9.17) is 0 Å². The summed E-state index contributed by atoms with van der Waals surface area (Å²) in [5, 5.41) is 12.7. The predicted octanol–water partition coefficient (Wildman–Crippen LogP) is 2.48. The molecule has 1 aliphatic heterocycles. The summed E-state index contributed by atoms with van der Waals surface area (Å²) in [4.78, 5) is 0. The van der Waals surface area contributed by atoms with Crippen molar-refractivity contribution >= 4 is 0 Å². The summed E-state index contributed by atoms with van der Waals surface area (Å²) >= 11 is 0. The van der Waals surface area contributed by atoms with Crippen LogP contribution in [0, 0.1) is 17.8 Å². The fourth-order valence-electron chi connectivity index (χ4n) is 4.37. The molecule has 3 unspecified atom stereocenters. The molecule has 0 spiro atoms. The monoisotopic (exact) mass is 260 g/mol. The summed E-state index contributed by atoms with van der Waals surface area (Å²) in [6.07, 6.45) is 5.69. The Labute approximate surface area is 115 Å². The summed E-state index contributed by atoms with van der Waals surface area (Å²) < 4.78 is 2.43. The normalized spacial score (nSPS) is 37.0. The van der Waals surface area contributed by atoms with E-state index in [1.165, 1.54) is 37.3 Å². The fourth-order valence-corrected chi connectivity index (χ4v) is 4.37. The zero-order valence-electron chi connectivity index (χ0n) is 12.0. The van der Waals surface area contributed by atoms with Crippen molar-refractivity contribution in [2.24, 2.45) is 17.8 Å². The highest BCUT2D eigenvalue weighted by Gasteiger charge is 2.54. The number of nitrogens with one attached hydrogen (secondary N) is 1. The Morgan fingerprint density at radius 1 is 1.11 bits per heavy atom. The fraction of sp³-hybridized carbons (Fsp3) is 0.867. The highest BCUT2D eigenvalue weighted by Crippen LogP contribution is 2.60. The van der Waals surface area contributed by atoms with E-state index < -0.39 is 0 Å². The molecule has 4 nitrogen and oxygen atoms in total. The molecule has 19 heavy (non-hydrogen) atoms. The SMILES string of the molecule is CC(C)C1NCCn2c1nnc2C1C2CCCCC21. The molecule has 1 N–H and O–H groups in total. The second-order valence-electron chi connectivity index (χ2n) is 6.88. The van der Waals surface area contributed by atoms with Gasteiger partial charge in [-0.2, -0.15) is 0 Å². The van der Waals surface area contributed by atoms with Gasteiger partial charge in [-0.1, -0.05) is 26.7 Å². The zero-order valence-corrected chi connectivity index (χ0v) is 12.0. The lowest BCUT2D eigenvalue weighted by molar-refractivity contribution is 0.334. The average Bonchev–Trinajstić information content (AvgIpc) is 2.99. The van der Waals surface area contributed by atoms with E-state index in [1.807, 2.05) is 0 Å². The summed E-state index contributed by atoms with van der Waals surface area (Å²) in [5.74, 6) is 5.65. The Morgan fingerprint density at radius 2 is 1.79 bits per heavy atom. The van der Waals surface area contributed by atoms with Crippen LogP contribution in [0.25, 0.3) is 0 Å². The van der Waals surface area contributed by atoms with Crippen molar-refractivity contribution in [2.45, 2.75) is 58.0 Å². The van der Waals surface area contributed by atoms with E-state index in [0.717, 1.165) is 30.8 Å². The van der Waals surface area contributed by atoms with Crippen LogP contribution in [0.3, 0.4) is 0 Å². The van der Waals surface area contributed by atoms with Crippen molar-refractivity contribution < 1.29 is 0 Å². The Morgan fingerprint density at radius 3 is 2.47 bits per heavy atom. The molecule has 2 aliphatic carbocycles. The van der Waals surface area contributed by atoms with Gasteiger partial charge in [0.25, 0.3) is 0 Å². The van der Waals surface area contributed by atoms with Gasteiger partial charge in [0.1, 0.15) is 5.82 Å². The molecule has 3 atom stereocenters. The van der Waals surface area contributed by atoms with Gasteiger partial charge in [-0.3, -0.25) is 0 Å². The van der Waals surface area contributed by atoms with Gasteiger partial charge in [0.15, 0.2) is 5.82 Å². The number of fused-ring (bicyclic) bond motifs is 2. The van der Waals surface area contributed by atoms with Gasteiger partial charge in [0.2, 0.25) is 0 Å². The van der Waals surface area contributed by atoms with Crippen LogP contribution in [0.1, 0.15) is 63.1 Å². The third-order valence-electron chi connectivity index (χ3n) is 5.41. The molecule has 0 bridgehead atoms. The molecule has 2 saturated carbocycles. The minimum atomic E-state index is 0.385. The van der Waals surface area contributed by atoms with E-state index >= 15 is 0 Å². The molecule has 0 aromatic carbocycles. The second-order valence-corrected chi connectivity index (χ2v) is 6.88. The van der Waals surface area contributed by atoms with Gasteiger partial charge in [0.05, 0.1) is 6.04 Å². The highest BCUT2D eigenvalue weighted by molar-refractivity contribution is 5.20. The van der Waals surface area contributed by atoms with Gasteiger partial charge >= 0.3 is 0 Å². The van der Waals surface area contributed by atoms with Crippen LogP contribution < -0.4 is 5.32 Å². The summed E-state index contributed by atoms with van der Waals surface area (Å²) in [7, 11) is 0. The maximum Gasteiger partial charge on any atom is 0.150 e. The van der Waals surface area contributed by atoms with E-state index in [2.05, 4.69) is 33.9 Å². The Bertz CT molecular complexity index is 466. The molecular formula is C15H24N4. The van der Waals surface area contributed by atoms with Crippen molar-refractivity contribution in [3.63, 3.8) is 0 Å². The number of hydrogen-bond acceptors (Lipinski definition) is 3. The van der Waals surface area contributed by atoms with Crippen LogP contribution in [-0.4, -0.2) is 21.3 Å². The molecule has 4 rings (SSSR count). The summed E-state index contributed by atoms with van der Waals surface area (Å²) in [5.41, 5.74) is 0. The minimum Gasteiger partial charge on any atom is -0.312 e. The molecule has 3 aliphatic rings. The Balaban J connectivity index is 1.65. The topological polar surface area (TPSA) is 42.7 Å². The first-order valence-electron chi connectivity index (χ1n) is 7.93. The molecule has 0 amide bonds. The Hall–Kier alpha value is -0.900. The number of hydrogen-bond donors (Lipinski definition) is 1. The molecule has 2 fully saturated rings. The number of aromatic nitrogens is 3. The molecule has 0 radical (unpaired) electrons. The molecule has 4 heteroatoms. The number of rotatable bonds is 2. The smallest absolute Gasteiger partial charge is 0.150 e. The molecule has 104 valence electrons. The third kappa shape index (κ3) is 1.76. The van der Waals surface area contributed by atoms with Crippen LogP contribution in [0.5, 0.6) is 0 Å². The Kier molecular flexibility index (Phi) is 2.69. The van der Waals surface area contributed by atoms with Gasteiger partial charge < -0.3 is 9.88 Å². The van der Waals surface area contributed by atoms with Crippen LogP contribution in [0.15, 0.2) is 0 Å². The zero-order chi connectivity index (χ0) is 13.0. The lowest BCUT2D eigenvalue weighted by Crippen LogP contribution is -2.37. The largest absolute Gasteiger partial charge is 0.312 e. The van der Waals surface area contributed by atoms with Crippen molar-refractivity contribution in [3.8, 4) is 0 Å². The molecule has 0 saturated heterocycles. The van der Waals surface area contributed by atoms with E-state index in [9.17, 15) is 0 Å². The van der Waals surface area contributed by atoms with Crippen LogP contribution in [0.4, 0.5) is 0 Å². The maximum absolute atomic E-state index is 4.59. The van der Waals surface area contributed by atoms with Crippen molar-refractivity contribution in [2.75, 3.05) is 6.54 Å². The highest BCUT2D eigenvalue weighted by atomic mass is 15.3. The molecule has 1 aromatic heterocycles. The first-order chi connectivity index (χ1) is 9.27. The van der Waals surface area contributed by atoms with Crippen molar-refractivity contribution in [1.82, 2.24) is 20.1 Å². The standard InChI is InChI=1S/C15H24N4/c1-9(2)13-15-18-17-14(19(15)8-7-16-13)12-10-5-3-4-6-11(10)12/h9-13,16H,3-8H2,1-2H3. The summed E-state index contributed by atoms with van der Waals surface area (Å²) in [6.45, 7) is 6.64. The van der Waals surface area contributed by atoms with E-state index in [1.54, 1.807) is 0 Å².